The molecule has 0 atom stereocenters. The lowest BCUT2D eigenvalue weighted by atomic mass is 10.2. The van der Waals surface area contributed by atoms with Crippen molar-refractivity contribution in [2.45, 2.75) is 4.90 Å². The topological polar surface area (TPSA) is 40.5 Å². The molecule has 0 radical (unpaired) electrons. The first-order valence-corrected chi connectivity index (χ1v) is 6.86. The highest BCUT2D eigenvalue weighted by atomic mass is 35.5. The SMILES string of the molecule is CN(CCCl)CCCl.O=C(O)c1ccccc1S. The maximum absolute atomic E-state index is 10.4. The van der Waals surface area contributed by atoms with Crippen LogP contribution < -0.4 is 0 Å². The van der Waals surface area contributed by atoms with Gasteiger partial charge in [0, 0.05) is 29.7 Å². The molecule has 0 aliphatic rings. The van der Waals surface area contributed by atoms with E-state index in [1.54, 1.807) is 18.2 Å². The number of rotatable bonds is 5. The molecule has 102 valence electrons. The van der Waals surface area contributed by atoms with E-state index in [2.05, 4.69) is 17.5 Å². The van der Waals surface area contributed by atoms with Gasteiger partial charge in [0.2, 0.25) is 0 Å². The molecule has 1 rings (SSSR count). The standard InChI is InChI=1S/C7H6O2S.C5H11Cl2N/c8-7(9)5-3-1-2-4-6(5)10;1-8(4-2-6)5-3-7/h1-4,10H,(H,8,9);2-5H2,1H3. The molecule has 0 heterocycles. The highest BCUT2D eigenvalue weighted by Crippen LogP contribution is 2.11. The Labute approximate surface area is 123 Å². The van der Waals surface area contributed by atoms with Crippen LogP contribution in [0.5, 0.6) is 0 Å². The summed E-state index contributed by atoms with van der Waals surface area (Å²) in [7, 11) is 2.00. The van der Waals surface area contributed by atoms with Gasteiger partial charge in [-0.3, -0.25) is 0 Å². The Balaban J connectivity index is 0.000000331. The molecule has 1 N–H and O–H groups in total. The fourth-order valence-electron chi connectivity index (χ4n) is 1.05. The van der Waals surface area contributed by atoms with Gasteiger partial charge in [0.15, 0.2) is 0 Å². The van der Waals surface area contributed by atoms with Gasteiger partial charge in [0.05, 0.1) is 5.56 Å². The van der Waals surface area contributed by atoms with Crippen molar-refractivity contribution in [3.63, 3.8) is 0 Å². The largest absolute Gasteiger partial charge is 0.478 e. The molecule has 6 heteroatoms. The van der Waals surface area contributed by atoms with Crippen molar-refractivity contribution in [1.29, 1.82) is 0 Å². The predicted octanol–water partition coefficient (Wildman–Crippen LogP) is 3.07. The maximum atomic E-state index is 10.4. The zero-order valence-corrected chi connectivity index (χ0v) is 12.5. The average molecular weight is 310 g/mol. The summed E-state index contributed by atoms with van der Waals surface area (Å²) < 4.78 is 0. The van der Waals surface area contributed by atoms with Crippen molar-refractivity contribution in [2.24, 2.45) is 0 Å². The van der Waals surface area contributed by atoms with Gasteiger partial charge in [-0.05, 0) is 19.2 Å². The molecule has 0 fully saturated rings. The summed E-state index contributed by atoms with van der Waals surface area (Å²) in [6, 6.07) is 6.58. The molecule has 1 aromatic carbocycles. The van der Waals surface area contributed by atoms with E-state index in [1.807, 2.05) is 7.05 Å². The van der Waals surface area contributed by atoms with Crippen molar-refractivity contribution in [1.82, 2.24) is 4.90 Å². The third kappa shape index (κ3) is 7.82. The van der Waals surface area contributed by atoms with Crippen LogP contribution >= 0.6 is 35.8 Å². The van der Waals surface area contributed by atoms with Crippen molar-refractivity contribution < 1.29 is 9.90 Å². The Morgan fingerprint density at radius 2 is 1.78 bits per heavy atom. The van der Waals surface area contributed by atoms with Crippen LogP contribution in [-0.2, 0) is 0 Å². The van der Waals surface area contributed by atoms with E-state index in [4.69, 9.17) is 28.3 Å². The Morgan fingerprint density at radius 1 is 1.28 bits per heavy atom. The lowest BCUT2D eigenvalue weighted by Gasteiger charge is -2.11. The fraction of sp³-hybridized carbons (Fsp3) is 0.417. The van der Waals surface area contributed by atoms with E-state index in [9.17, 15) is 4.79 Å². The molecule has 0 aliphatic heterocycles. The molecule has 3 nitrogen and oxygen atoms in total. The summed E-state index contributed by atoms with van der Waals surface area (Å²) in [6.07, 6.45) is 0. The van der Waals surface area contributed by atoms with Gasteiger partial charge < -0.3 is 10.0 Å². The molecule has 0 aliphatic carbocycles. The fourth-order valence-corrected chi connectivity index (χ4v) is 1.89. The summed E-state index contributed by atoms with van der Waals surface area (Å²) in [5.74, 6) is 0.437. The van der Waals surface area contributed by atoms with Crippen molar-refractivity contribution in [3.05, 3.63) is 29.8 Å². The number of alkyl halides is 2. The molecule has 0 amide bonds. The van der Waals surface area contributed by atoms with Gasteiger partial charge in [0.1, 0.15) is 0 Å². The van der Waals surface area contributed by atoms with Crippen LogP contribution in [0.25, 0.3) is 0 Å². The van der Waals surface area contributed by atoms with Crippen LogP contribution in [0, 0.1) is 0 Å². The number of halogens is 2. The minimum Gasteiger partial charge on any atom is -0.478 e. The number of aromatic carboxylic acids is 1. The number of hydrogen-bond donors (Lipinski definition) is 2. The Kier molecular flexibility index (Phi) is 10.3. The summed E-state index contributed by atoms with van der Waals surface area (Å²) in [6.45, 7) is 1.85. The number of thiol groups is 1. The second-order valence-corrected chi connectivity index (χ2v) is 4.74. The summed E-state index contributed by atoms with van der Waals surface area (Å²) in [5, 5.41) is 8.52. The maximum Gasteiger partial charge on any atom is 0.336 e. The number of carbonyl (C=O) groups is 1. The van der Waals surface area contributed by atoms with Gasteiger partial charge in [0.25, 0.3) is 0 Å². The number of carboxylic acids is 1. The van der Waals surface area contributed by atoms with Crippen molar-refractivity contribution in [2.75, 3.05) is 31.9 Å². The quantitative estimate of drug-likeness (QED) is 0.649. The van der Waals surface area contributed by atoms with Crippen molar-refractivity contribution >= 4 is 41.8 Å². The summed E-state index contributed by atoms with van der Waals surface area (Å²) >= 11 is 14.9. The highest BCUT2D eigenvalue weighted by Gasteiger charge is 2.03. The van der Waals surface area contributed by atoms with E-state index in [0.29, 0.717) is 16.7 Å². The zero-order valence-electron chi connectivity index (χ0n) is 10.1. The van der Waals surface area contributed by atoms with Gasteiger partial charge >= 0.3 is 5.97 Å². The minimum atomic E-state index is -0.939. The molecular formula is C12H17Cl2NO2S. The third-order valence-corrected chi connectivity index (χ3v) is 2.79. The predicted molar refractivity (Wildman–Crippen MR) is 79.6 cm³/mol. The van der Waals surface area contributed by atoms with Gasteiger partial charge in [-0.1, -0.05) is 12.1 Å². The van der Waals surface area contributed by atoms with Crippen LogP contribution in [0.15, 0.2) is 29.2 Å². The smallest absolute Gasteiger partial charge is 0.336 e. The van der Waals surface area contributed by atoms with Crippen molar-refractivity contribution in [3.8, 4) is 0 Å². The van der Waals surface area contributed by atoms with Crippen LogP contribution in [0.2, 0.25) is 0 Å². The van der Waals surface area contributed by atoms with Crippen LogP contribution in [0.1, 0.15) is 10.4 Å². The molecule has 0 spiro atoms. The van der Waals surface area contributed by atoms with E-state index in [-0.39, 0.29) is 5.56 Å². The Hall–Kier alpha value is -0.420. The molecule has 0 aromatic heterocycles. The number of hydrogen-bond acceptors (Lipinski definition) is 3. The minimum absolute atomic E-state index is 0.242. The molecule has 1 aromatic rings. The molecule has 0 unspecified atom stereocenters. The van der Waals surface area contributed by atoms with Crippen LogP contribution in [-0.4, -0.2) is 47.9 Å². The molecule has 18 heavy (non-hydrogen) atoms. The van der Waals surface area contributed by atoms with Gasteiger partial charge in [-0.2, -0.15) is 0 Å². The average Bonchev–Trinajstić information content (AvgIpc) is 2.30. The normalized spacial score (nSPS) is 9.83. The van der Waals surface area contributed by atoms with E-state index >= 15 is 0 Å². The first-order valence-electron chi connectivity index (χ1n) is 5.34. The number of benzene rings is 1. The van der Waals surface area contributed by atoms with E-state index in [0.717, 1.165) is 13.1 Å². The lowest BCUT2D eigenvalue weighted by molar-refractivity contribution is 0.0693. The lowest BCUT2D eigenvalue weighted by Crippen LogP contribution is -2.22. The zero-order chi connectivity index (χ0) is 14.0. The third-order valence-electron chi connectivity index (χ3n) is 2.07. The highest BCUT2D eigenvalue weighted by molar-refractivity contribution is 7.80. The summed E-state index contributed by atoms with van der Waals surface area (Å²) in [4.78, 5) is 13.0. The monoisotopic (exact) mass is 309 g/mol. The molecule has 0 saturated heterocycles. The summed E-state index contributed by atoms with van der Waals surface area (Å²) in [5.41, 5.74) is 0.242. The Morgan fingerprint density at radius 3 is 2.11 bits per heavy atom. The molecular weight excluding hydrogens is 293 g/mol. The Bertz CT molecular complexity index is 358. The van der Waals surface area contributed by atoms with Crippen LogP contribution in [0.4, 0.5) is 0 Å². The molecule has 0 saturated carbocycles. The number of nitrogens with zero attached hydrogens (tertiary/aromatic N) is 1. The van der Waals surface area contributed by atoms with E-state index in [1.165, 1.54) is 6.07 Å². The second-order valence-electron chi connectivity index (χ2n) is 3.50. The second kappa shape index (κ2) is 10.5. The molecule has 0 bridgehead atoms. The first kappa shape index (κ1) is 17.6. The number of carboxylic acid groups (broad SMARTS) is 1. The van der Waals surface area contributed by atoms with Gasteiger partial charge in [-0.15, -0.1) is 35.8 Å². The first-order chi connectivity index (χ1) is 8.52. The van der Waals surface area contributed by atoms with Gasteiger partial charge in [-0.25, -0.2) is 4.79 Å². The van der Waals surface area contributed by atoms with Crippen LogP contribution in [0.3, 0.4) is 0 Å². The van der Waals surface area contributed by atoms with E-state index < -0.39 is 5.97 Å².